The van der Waals surface area contributed by atoms with E-state index < -0.39 is 24.0 Å². The van der Waals surface area contributed by atoms with Gasteiger partial charge >= 0.3 is 5.97 Å². The van der Waals surface area contributed by atoms with Crippen LogP contribution in [-0.4, -0.2) is 12.6 Å². The largest absolute Gasteiger partial charge is 0.463 e. The molecule has 3 unspecified atom stereocenters. The lowest BCUT2D eigenvalue weighted by molar-refractivity contribution is -0.175. The van der Waals surface area contributed by atoms with Gasteiger partial charge in [-0.25, -0.2) is 4.79 Å². The van der Waals surface area contributed by atoms with Crippen LogP contribution in [0.15, 0.2) is 91.0 Å². The van der Waals surface area contributed by atoms with E-state index in [2.05, 4.69) is 0 Å². The van der Waals surface area contributed by atoms with Crippen LogP contribution >= 0.6 is 0 Å². The first-order valence-corrected chi connectivity index (χ1v) is 9.41. The van der Waals surface area contributed by atoms with Gasteiger partial charge < -0.3 is 14.2 Å². The Hall–Kier alpha value is -2.95. The van der Waals surface area contributed by atoms with Crippen LogP contribution < -0.4 is 0 Å². The highest BCUT2D eigenvalue weighted by atomic mass is 16.8. The van der Waals surface area contributed by atoms with Crippen molar-refractivity contribution in [3.8, 4) is 0 Å². The third kappa shape index (κ3) is 3.21. The first kappa shape index (κ1) is 18.4. The Kier molecular flexibility index (Phi) is 5.24. The van der Waals surface area contributed by atoms with E-state index in [-0.39, 0.29) is 6.61 Å². The summed E-state index contributed by atoms with van der Waals surface area (Å²) in [7, 11) is 0. The molecule has 3 aromatic rings. The van der Waals surface area contributed by atoms with Crippen LogP contribution in [0.25, 0.3) is 0 Å². The fourth-order valence-electron chi connectivity index (χ4n) is 3.59. The highest BCUT2D eigenvalue weighted by Gasteiger charge is 2.58. The topological polar surface area (TPSA) is 44.8 Å². The number of esters is 1. The molecule has 1 saturated heterocycles. The van der Waals surface area contributed by atoms with Gasteiger partial charge in [-0.15, -0.1) is 0 Å². The Morgan fingerprint density at radius 1 is 0.857 bits per heavy atom. The Morgan fingerprint density at radius 3 is 1.96 bits per heavy atom. The molecule has 0 bridgehead atoms. The molecule has 1 fully saturated rings. The fourth-order valence-corrected chi connectivity index (χ4v) is 3.59. The predicted molar refractivity (Wildman–Crippen MR) is 105 cm³/mol. The van der Waals surface area contributed by atoms with Crippen LogP contribution in [0, 0.1) is 0 Å². The minimum Gasteiger partial charge on any atom is -0.463 e. The van der Waals surface area contributed by atoms with Gasteiger partial charge in [0.2, 0.25) is 5.60 Å². The van der Waals surface area contributed by atoms with E-state index in [1.807, 2.05) is 91.0 Å². The zero-order valence-electron chi connectivity index (χ0n) is 15.7. The van der Waals surface area contributed by atoms with Crippen molar-refractivity contribution < 1.29 is 19.0 Å². The molecule has 142 valence electrons. The summed E-state index contributed by atoms with van der Waals surface area (Å²) >= 11 is 0. The maximum absolute atomic E-state index is 13.3. The summed E-state index contributed by atoms with van der Waals surface area (Å²) in [6.07, 6.45) is -1.32. The molecule has 0 amide bonds. The number of hydrogen-bond donors (Lipinski definition) is 0. The Labute approximate surface area is 164 Å². The molecule has 3 aromatic carbocycles. The Balaban J connectivity index is 1.87. The van der Waals surface area contributed by atoms with Crippen LogP contribution in [0.4, 0.5) is 0 Å². The van der Waals surface area contributed by atoms with Gasteiger partial charge in [-0.05, 0) is 18.1 Å². The van der Waals surface area contributed by atoms with Crippen molar-refractivity contribution in [2.45, 2.75) is 24.9 Å². The smallest absolute Gasteiger partial charge is 0.346 e. The highest BCUT2D eigenvalue weighted by molar-refractivity contribution is 5.83. The van der Waals surface area contributed by atoms with Gasteiger partial charge in [0.1, 0.15) is 6.10 Å². The molecule has 4 heteroatoms. The standard InChI is InChI=1S/C24H22O4/c1-2-26-23(25)24(20-16-10-5-11-17-20)21(18-12-6-3-7-13-18)27-22(28-24)19-14-8-4-9-15-19/h3-17,21-22H,2H2,1H3. The van der Waals surface area contributed by atoms with Crippen molar-refractivity contribution in [1.82, 2.24) is 0 Å². The third-order valence-electron chi connectivity index (χ3n) is 4.88. The van der Waals surface area contributed by atoms with E-state index in [0.717, 1.165) is 11.1 Å². The predicted octanol–water partition coefficient (Wildman–Crippen LogP) is 4.93. The number of benzene rings is 3. The van der Waals surface area contributed by atoms with Crippen LogP contribution in [0.2, 0.25) is 0 Å². The molecular formula is C24H22O4. The van der Waals surface area contributed by atoms with Gasteiger partial charge in [0, 0.05) is 5.56 Å². The van der Waals surface area contributed by atoms with Crippen molar-refractivity contribution in [2.24, 2.45) is 0 Å². The van der Waals surface area contributed by atoms with Crippen molar-refractivity contribution in [1.29, 1.82) is 0 Å². The highest BCUT2D eigenvalue weighted by Crippen LogP contribution is 2.53. The molecule has 0 aliphatic carbocycles. The van der Waals surface area contributed by atoms with Crippen LogP contribution in [-0.2, 0) is 24.6 Å². The summed E-state index contributed by atoms with van der Waals surface area (Å²) in [5, 5.41) is 0. The van der Waals surface area contributed by atoms with E-state index in [0.29, 0.717) is 5.56 Å². The lowest BCUT2D eigenvalue weighted by Gasteiger charge is -2.31. The van der Waals surface area contributed by atoms with Crippen molar-refractivity contribution in [3.63, 3.8) is 0 Å². The summed E-state index contributed by atoms with van der Waals surface area (Å²) in [6.45, 7) is 2.05. The number of carbonyl (C=O) groups is 1. The monoisotopic (exact) mass is 374 g/mol. The first-order chi connectivity index (χ1) is 13.8. The van der Waals surface area contributed by atoms with Gasteiger partial charge in [0.05, 0.1) is 6.61 Å². The number of rotatable bonds is 5. The zero-order chi connectivity index (χ0) is 19.4. The number of carbonyl (C=O) groups excluding carboxylic acids is 1. The van der Waals surface area contributed by atoms with Crippen LogP contribution in [0.3, 0.4) is 0 Å². The Morgan fingerprint density at radius 2 is 1.39 bits per heavy atom. The molecule has 0 N–H and O–H groups in total. The van der Waals surface area contributed by atoms with E-state index in [1.54, 1.807) is 6.92 Å². The summed E-state index contributed by atoms with van der Waals surface area (Å²) in [4.78, 5) is 13.3. The SMILES string of the molecule is CCOC(=O)C1(c2ccccc2)OC(c2ccccc2)OC1c1ccccc1. The van der Waals surface area contributed by atoms with E-state index in [1.165, 1.54) is 0 Å². The second kappa shape index (κ2) is 7.97. The van der Waals surface area contributed by atoms with Crippen LogP contribution in [0.1, 0.15) is 36.0 Å². The first-order valence-electron chi connectivity index (χ1n) is 9.41. The summed E-state index contributed by atoms with van der Waals surface area (Å²) in [5.41, 5.74) is 1.03. The second-order valence-electron chi connectivity index (χ2n) is 6.61. The van der Waals surface area contributed by atoms with E-state index in [9.17, 15) is 4.79 Å². The van der Waals surface area contributed by atoms with Gasteiger partial charge in [-0.2, -0.15) is 0 Å². The average Bonchev–Trinajstić information content (AvgIpc) is 3.18. The average molecular weight is 374 g/mol. The Bertz CT molecular complexity index is 911. The molecule has 0 radical (unpaired) electrons. The minimum absolute atomic E-state index is 0.258. The fraction of sp³-hybridized carbons (Fsp3) is 0.208. The molecule has 3 atom stereocenters. The molecule has 28 heavy (non-hydrogen) atoms. The third-order valence-corrected chi connectivity index (χ3v) is 4.88. The molecule has 1 aliphatic rings. The van der Waals surface area contributed by atoms with Gasteiger partial charge in [0.15, 0.2) is 6.29 Å². The van der Waals surface area contributed by atoms with Crippen LogP contribution in [0.5, 0.6) is 0 Å². The molecule has 0 saturated carbocycles. The second-order valence-corrected chi connectivity index (χ2v) is 6.61. The minimum atomic E-state index is -1.39. The van der Waals surface area contributed by atoms with E-state index in [4.69, 9.17) is 14.2 Å². The molecule has 4 rings (SSSR count). The summed E-state index contributed by atoms with van der Waals surface area (Å²) in [5.74, 6) is -0.450. The van der Waals surface area contributed by atoms with Gasteiger partial charge in [-0.3, -0.25) is 0 Å². The zero-order valence-corrected chi connectivity index (χ0v) is 15.7. The number of ether oxygens (including phenoxy) is 3. The summed E-state index contributed by atoms with van der Waals surface area (Å²) < 4.78 is 18.2. The summed E-state index contributed by atoms with van der Waals surface area (Å²) in [6, 6.07) is 28.7. The molecule has 4 nitrogen and oxygen atoms in total. The maximum atomic E-state index is 13.3. The quantitative estimate of drug-likeness (QED) is 0.594. The lowest BCUT2D eigenvalue weighted by Crippen LogP contribution is -2.42. The number of hydrogen-bond acceptors (Lipinski definition) is 4. The normalized spacial score (nSPS) is 24.0. The maximum Gasteiger partial charge on any atom is 0.346 e. The molecule has 0 aromatic heterocycles. The molecular weight excluding hydrogens is 352 g/mol. The van der Waals surface area contributed by atoms with Crippen molar-refractivity contribution in [2.75, 3.05) is 6.61 Å². The van der Waals surface area contributed by atoms with E-state index >= 15 is 0 Å². The van der Waals surface area contributed by atoms with Crippen molar-refractivity contribution >= 4 is 5.97 Å². The lowest BCUT2D eigenvalue weighted by atomic mass is 9.84. The van der Waals surface area contributed by atoms with Gasteiger partial charge in [-0.1, -0.05) is 91.0 Å². The molecule has 0 spiro atoms. The molecule has 1 heterocycles. The van der Waals surface area contributed by atoms with Crippen molar-refractivity contribution in [3.05, 3.63) is 108 Å². The molecule has 1 aliphatic heterocycles. The van der Waals surface area contributed by atoms with Gasteiger partial charge in [0.25, 0.3) is 0 Å².